The molecule has 7 heteroatoms. The van der Waals surface area contributed by atoms with Crippen molar-refractivity contribution in [3.8, 4) is 11.4 Å². The molecule has 0 amide bonds. The molecule has 1 aromatic carbocycles. The van der Waals surface area contributed by atoms with E-state index in [1.807, 2.05) is 0 Å². The first-order chi connectivity index (χ1) is 10.2. The molecule has 0 bridgehead atoms. The number of nitrogens with two attached hydrogens (primary N) is 1. The van der Waals surface area contributed by atoms with E-state index in [2.05, 4.69) is 20.1 Å². The van der Waals surface area contributed by atoms with Gasteiger partial charge in [0.1, 0.15) is 5.82 Å². The standard InChI is InChI=1S/C14H17ClFN5/c15-11-7-10(1-2-12(11)16)13-18-14(20-19-13)21-5-3-9(8-17)4-6-21/h1-2,7,9H,3-6,8,17H2,(H,18,19,20). The highest BCUT2D eigenvalue weighted by molar-refractivity contribution is 6.31. The predicted molar refractivity (Wildman–Crippen MR) is 80.8 cm³/mol. The summed E-state index contributed by atoms with van der Waals surface area (Å²) in [4.78, 5) is 6.61. The molecule has 3 N–H and O–H groups in total. The Hall–Kier alpha value is -1.66. The first-order valence-corrected chi connectivity index (χ1v) is 7.38. The molecular formula is C14H17ClFN5. The molecule has 0 aliphatic carbocycles. The molecule has 0 radical (unpaired) electrons. The van der Waals surface area contributed by atoms with E-state index in [0.29, 0.717) is 17.7 Å². The minimum Gasteiger partial charge on any atom is -0.340 e. The largest absolute Gasteiger partial charge is 0.340 e. The van der Waals surface area contributed by atoms with E-state index >= 15 is 0 Å². The Balaban J connectivity index is 1.76. The van der Waals surface area contributed by atoms with Crippen LogP contribution < -0.4 is 10.6 Å². The van der Waals surface area contributed by atoms with Crippen LogP contribution in [-0.2, 0) is 0 Å². The zero-order chi connectivity index (χ0) is 14.8. The molecule has 1 saturated heterocycles. The molecule has 21 heavy (non-hydrogen) atoms. The number of anilines is 1. The molecule has 0 atom stereocenters. The lowest BCUT2D eigenvalue weighted by atomic mass is 9.97. The Labute approximate surface area is 127 Å². The van der Waals surface area contributed by atoms with Gasteiger partial charge < -0.3 is 10.6 Å². The smallest absolute Gasteiger partial charge is 0.245 e. The monoisotopic (exact) mass is 309 g/mol. The van der Waals surface area contributed by atoms with E-state index in [4.69, 9.17) is 17.3 Å². The van der Waals surface area contributed by atoms with Crippen LogP contribution >= 0.6 is 11.6 Å². The first-order valence-electron chi connectivity index (χ1n) is 7.00. The van der Waals surface area contributed by atoms with Gasteiger partial charge in [-0.3, -0.25) is 5.10 Å². The number of piperidine rings is 1. The van der Waals surface area contributed by atoms with Crippen molar-refractivity contribution in [3.63, 3.8) is 0 Å². The Kier molecular flexibility index (Phi) is 4.07. The molecule has 5 nitrogen and oxygen atoms in total. The second kappa shape index (κ2) is 5.99. The number of aromatic nitrogens is 3. The van der Waals surface area contributed by atoms with E-state index < -0.39 is 5.82 Å². The highest BCUT2D eigenvalue weighted by Gasteiger charge is 2.21. The second-order valence-electron chi connectivity index (χ2n) is 5.28. The molecule has 112 valence electrons. The van der Waals surface area contributed by atoms with E-state index in [1.54, 1.807) is 12.1 Å². The van der Waals surface area contributed by atoms with Crippen molar-refractivity contribution in [3.05, 3.63) is 29.0 Å². The fraction of sp³-hybridized carbons (Fsp3) is 0.429. The van der Waals surface area contributed by atoms with Crippen molar-refractivity contribution in [1.29, 1.82) is 0 Å². The molecule has 3 rings (SSSR count). The number of hydrogen-bond donors (Lipinski definition) is 2. The highest BCUT2D eigenvalue weighted by Crippen LogP contribution is 2.25. The normalized spacial score (nSPS) is 16.4. The summed E-state index contributed by atoms with van der Waals surface area (Å²) >= 11 is 5.79. The van der Waals surface area contributed by atoms with Gasteiger partial charge in [-0.1, -0.05) is 11.6 Å². The second-order valence-corrected chi connectivity index (χ2v) is 5.69. The van der Waals surface area contributed by atoms with Gasteiger partial charge in [0.25, 0.3) is 0 Å². The minimum atomic E-state index is -0.441. The van der Waals surface area contributed by atoms with E-state index in [0.717, 1.165) is 38.0 Å². The van der Waals surface area contributed by atoms with Crippen molar-refractivity contribution in [2.75, 3.05) is 24.5 Å². The van der Waals surface area contributed by atoms with Crippen LogP contribution in [0.1, 0.15) is 12.8 Å². The summed E-state index contributed by atoms with van der Waals surface area (Å²) in [6, 6.07) is 4.50. The highest BCUT2D eigenvalue weighted by atomic mass is 35.5. The van der Waals surface area contributed by atoms with E-state index in [9.17, 15) is 4.39 Å². The van der Waals surface area contributed by atoms with Crippen LogP contribution in [0.3, 0.4) is 0 Å². The summed E-state index contributed by atoms with van der Waals surface area (Å²) in [5.41, 5.74) is 6.41. The maximum atomic E-state index is 13.2. The number of benzene rings is 1. The number of aromatic amines is 1. The summed E-state index contributed by atoms with van der Waals surface area (Å²) < 4.78 is 13.2. The maximum absolute atomic E-state index is 13.2. The van der Waals surface area contributed by atoms with Gasteiger partial charge in [0.2, 0.25) is 5.95 Å². The molecule has 2 heterocycles. The molecule has 1 fully saturated rings. The van der Waals surface area contributed by atoms with Crippen LogP contribution in [0.5, 0.6) is 0 Å². The summed E-state index contributed by atoms with van der Waals surface area (Å²) in [5.74, 6) is 1.41. The van der Waals surface area contributed by atoms with Crippen LogP contribution in [0.25, 0.3) is 11.4 Å². The van der Waals surface area contributed by atoms with Crippen LogP contribution in [0, 0.1) is 11.7 Å². The molecule has 1 aliphatic heterocycles. The molecular weight excluding hydrogens is 293 g/mol. The molecule has 0 spiro atoms. The fourth-order valence-corrected chi connectivity index (χ4v) is 2.72. The number of halogens is 2. The average molecular weight is 310 g/mol. The summed E-state index contributed by atoms with van der Waals surface area (Å²) in [5, 5.41) is 7.20. The molecule has 2 aromatic rings. The zero-order valence-corrected chi connectivity index (χ0v) is 12.3. The SMILES string of the molecule is NCC1CCN(c2n[nH]c(-c3ccc(F)c(Cl)c3)n2)CC1. The number of rotatable bonds is 3. The van der Waals surface area contributed by atoms with Crippen molar-refractivity contribution >= 4 is 17.5 Å². The molecule has 1 aromatic heterocycles. The third-order valence-corrected chi connectivity index (χ3v) is 4.19. The lowest BCUT2D eigenvalue weighted by Gasteiger charge is -2.30. The van der Waals surface area contributed by atoms with Gasteiger partial charge in [-0.05, 0) is 43.5 Å². The zero-order valence-electron chi connectivity index (χ0n) is 11.5. The number of nitrogens with zero attached hydrogens (tertiary/aromatic N) is 3. The number of hydrogen-bond acceptors (Lipinski definition) is 4. The Morgan fingerprint density at radius 3 is 2.81 bits per heavy atom. The molecule has 0 saturated carbocycles. The number of nitrogens with one attached hydrogen (secondary N) is 1. The van der Waals surface area contributed by atoms with Crippen molar-refractivity contribution in [2.24, 2.45) is 11.7 Å². The average Bonchev–Trinajstić information content (AvgIpc) is 3.00. The maximum Gasteiger partial charge on any atom is 0.245 e. The van der Waals surface area contributed by atoms with E-state index in [1.165, 1.54) is 6.07 Å². The van der Waals surface area contributed by atoms with Crippen molar-refractivity contribution in [2.45, 2.75) is 12.8 Å². The van der Waals surface area contributed by atoms with Gasteiger partial charge in [0.15, 0.2) is 5.82 Å². The van der Waals surface area contributed by atoms with Crippen LogP contribution in [0.15, 0.2) is 18.2 Å². The van der Waals surface area contributed by atoms with Crippen molar-refractivity contribution in [1.82, 2.24) is 15.2 Å². The van der Waals surface area contributed by atoms with Gasteiger partial charge in [0.05, 0.1) is 5.02 Å². The molecule has 1 aliphatic rings. The third-order valence-electron chi connectivity index (χ3n) is 3.90. The Bertz CT molecular complexity index is 622. The first kappa shape index (κ1) is 14.3. The van der Waals surface area contributed by atoms with Crippen LogP contribution in [0.2, 0.25) is 5.02 Å². The summed E-state index contributed by atoms with van der Waals surface area (Å²) in [6.07, 6.45) is 2.12. The van der Waals surface area contributed by atoms with Gasteiger partial charge in [0, 0.05) is 18.7 Å². The Morgan fingerprint density at radius 2 is 2.14 bits per heavy atom. The third kappa shape index (κ3) is 3.01. The van der Waals surface area contributed by atoms with Gasteiger partial charge in [-0.15, -0.1) is 5.10 Å². The quantitative estimate of drug-likeness (QED) is 0.913. The van der Waals surface area contributed by atoms with Gasteiger partial charge >= 0.3 is 0 Å². The van der Waals surface area contributed by atoms with Crippen LogP contribution in [-0.4, -0.2) is 34.8 Å². The fourth-order valence-electron chi connectivity index (χ4n) is 2.54. The molecule has 0 unspecified atom stereocenters. The van der Waals surface area contributed by atoms with Gasteiger partial charge in [-0.2, -0.15) is 4.98 Å². The summed E-state index contributed by atoms with van der Waals surface area (Å²) in [7, 11) is 0. The lowest BCUT2D eigenvalue weighted by Crippen LogP contribution is -2.36. The van der Waals surface area contributed by atoms with Crippen molar-refractivity contribution < 1.29 is 4.39 Å². The minimum absolute atomic E-state index is 0.0780. The predicted octanol–water partition coefficient (Wildman–Crippen LogP) is 2.44. The number of H-pyrrole nitrogens is 1. The Morgan fingerprint density at radius 1 is 1.38 bits per heavy atom. The van der Waals surface area contributed by atoms with E-state index in [-0.39, 0.29) is 5.02 Å². The topological polar surface area (TPSA) is 70.8 Å². The summed E-state index contributed by atoms with van der Waals surface area (Å²) in [6.45, 7) is 2.55. The van der Waals surface area contributed by atoms with Gasteiger partial charge in [-0.25, -0.2) is 4.39 Å². The lowest BCUT2D eigenvalue weighted by molar-refractivity contribution is 0.411. The van der Waals surface area contributed by atoms with Crippen LogP contribution in [0.4, 0.5) is 10.3 Å².